The van der Waals surface area contributed by atoms with Crippen molar-refractivity contribution in [3.63, 3.8) is 0 Å². The average Bonchev–Trinajstić information content (AvgIpc) is 2.88. The fourth-order valence-corrected chi connectivity index (χ4v) is 3.31. The van der Waals surface area contributed by atoms with E-state index in [2.05, 4.69) is 37.8 Å². The van der Waals surface area contributed by atoms with Crippen molar-refractivity contribution < 1.29 is 4.39 Å². The zero-order chi connectivity index (χ0) is 14.5. The van der Waals surface area contributed by atoms with Crippen molar-refractivity contribution >= 4 is 27.5 Å². The highest BCUT2D eigenvalue weighted by atomic mass is 79.9. The molecular weight excluding hydrogens is 341 g/mol. The predicted octanol–water partition coefficient (Wildman–Crippen LogP) is 4.09. The van der Waals surface area contributed by atoms with Crippen molar-refractivity contribution in [2.75, 3.05) is 6.54 Å². The van der Waals surface area contributed by atoms with E-state index in [1.165, 1.54) is 11.5 Å². The Morgan fingerprint density at radius 2 is 2.20 bits per heavy atom. The standard InChI is InChI=1S/C14H17BrFN3S/c1-3-6-11-14(20-19-18-11)13(17-4-2)9-7-5-8-10(15)12(9)16/h5,7-8,13,17H,3-4,6H2,1-2H3. The van der Waals surface area contributed by atoms with Crippen LogP contribution in [0.2, 0.25) is 0 Å². The number of nitrogens with zero attached hydrogens (tertiary/aromatic N) is 2. The molecule has 2 rings (SSSR count). The van der Waals surface area contributed by atoms with Gasteiger partial charge >= 0.3 is 0 Å². The van der Waals surface area contributed by atoms with E-state index in [9.17, 15) is 4.39 Å². The van der Waals surface area contributed by atoms with Crippen molar-refractivity contribution in [1.29, 1.82) is 0 Å². The highest BCUT2D eigenvalue weighted by Crippen LogP contribution is 2.31. The molecule has 0 saturated carbocycles. The smallest absolute Gasteiger partial charge is 0.142 e. The SMILES string of the molecule is CCCc1nnsc1C(NCC)c1cccc(Br)c1F. The van der Waals surface area contributed by atoms with Crippen LogP contribution in [0.5, 0.6) is 0 Å². The molecule has 0 aliphatic rings. The maximum atomic E-state index is 14.4. The molecule has 2 aromatic rings. The van der Waals surface area contributed by atoms with Gasteiger partial charge in [0.05, 0.1) is 21.1 Å². The number of aromatic nitrogens is 2. The number of benzene rings is 1. The quantitative estimate of drug-likeness (QED) is 0.845. The van der Waals surface area contributed by atoms with Crippen molar-refractivity contribution in [1.82, 2.24) is 14.9 Å². The molecule has 0 spiro atoms. The van der Waals surface area contributed by atoms with Crippen molar-refractivity contribution in [2.24, 2.45) is 0 Å². The molecule has 0 bridgehead atoms. The Hall–Kier alpha value is -0.850. The van der Waals surface area contributed by atoms with Crippen LogP contribution in [-0.2, 0) is 6.42 Å². The topological polar surface area (TPSA) is 37.8 Å². The van der Waals surface area contributed by atoms with Crippen LogP contribution in [0.3, 0.4) is 0 Å². The van der Waals surface area contributed by atoms with E-state index in [1.54, 1.807) is 6.07 Å². The highest BCUT2D eigenvalue weighted by Gasteiger charge is 2.23. The van der Waals surface area contributed by atoms with E-state index in [0.717, 1.165) is 30.0 Å². The third kappa shape index (κ3) is 3.24. The van der Waals surface area contributed by atoms with Gasteiger partial charge in [-0.25, -0.2) is 4.39 Å². The lowest BCUT2D eigenvalue weighted by Gasteiger charge is -2.18. The van der Waals surface area contributed by atoms with Crippen LogP contribution in [0.15, 0.2) is 22.7 Å². The summed E-state index contributed by atoms with van der Waals surface area (Å²) < 4.78 is 18.9. The number of hydrogen-bond donors (Lipinski definition) is 1. The van der Waals surface area contributed by atoms with Gasteiger partial charge in [0.15, 0.2) is 0 Å². The average molecular weight is 358 g/mol. The molecule has 1 aromatic carbocycles. The Kier molecular flexibility index (Phi) is 5.63. The van der Waals surface area contributed by atoms with Crippen LogP contribution in [0, 0.1) is 5.82 Å². The molecule has 0 aliphatic carbocycles. The number of hydrogen-bond acceptors (Lipinski definition) is 4. The normalized spacial score (nSPS) is 12.6. The molecule has 0 fully saturated rings. The zero-order valence-electron chi connectivity index (χ0n) is 11.5. The lowest BCUT2D eigenvalue weighted by molar-refractivity contribution is 0.556. The second-order valence-electron chi connectivity index (χ2n) is 4.47. The molecule has 0 amide bonds. The zero-order valence-corrected chi connectivity index (χ0v) is 13.9. The first-order chi connectivity index (χ1) is 9.69. The number of nitrogens with one attached hydrogen (secondary N) is 1. The molecule has 1 aromatic heterocycles. The lowest BCUT2D eigenvalue weighted by atomic mass is 10.0. The van der Waals surface area contributed by atoms with Gasteiger partial charge in [-0.15, -0.1) is 5.10 Å². The van der Waals surface area contributed by atoms with E-state index >= 15 is 0 Å². The van der Waals surface area contributed by atoms with Crippen molar-refractivity contribution in [3.05, 3.63) is 44.6 Å². The van der Waals surface area contributed by atoms with E-state index < -0.39 is 0 Å². The van der Waals surface area contributed by atoms with Crippen LogP contribution in [-0.4, -0.2) is 16.1 Å². The van der Waals surface area contributed by atoms with Crippen molar-refractivity contribution in [2.45, 2.75) is 32.7 Å². The predicted molar refractivity (Wildman–Crippen MR) is 83.5 cm³/mol. The molecule has 1 heterocycles. The van der Waals surface area contributed by atoms with Crippen LogP contribution in [0.25, 0.3) is 0 Å². The van der Waals surface area contributed by atoms with Crippen LogP contribution in [0.1, 0.15) is 42.4 Å². The van der Waals surface area contributed by atoms with Crippen molar-refractivity contribution in [3.8, 4) is 0 Å². The largest absolute Gasteiger partial charge is 0.306 e. The van der Waals surface area contributed by atoms with Gasteiger partial charge in [-0.1, -0.05) is 36.9 Å². The van der Waals surface area contributed by atoms with E-state index in [-0.39, 0.29) is 11.9 Å². The monoisotopic (exact) mass is 357 g/mol. The maximum Gasteiger partial charge on any atom is 0.142 e. The number of rotatable bonds is 6. The fourth-order valence-electron chi connectivity index (χ4n) is 2.14. The second-order valence-corrected chi connectivity index (χ2v) is 6.11. The van der Waals surface area contributed by atoms with E-state index in [4.69, 9.17) is 0 Å². The van der Waals surface area contributed by atoms with Gasteiger partial charge in [0.1, 0.15) is 5.82 Å². The van der Waals surface area contributed by atoms with Gasteiger partial charge in [0, 0.05) is 5.56 Å². The van der Waals surface area contributed by atoms with Gasteiger partial charge in [-0.3, -0.25) is 0 Å². The van der Waals surface area contributed by atoms with Crippen LogP contribution in [0.4, 0.5) is 4.39 Å². The van der Waals surface area contributed by atoms with Crippen LogP contribution < -0.4 is 5.32 Å². The molecule has 108 valence electrons. The number of halogens is 2. The van der Waals surface area contributed by atoms with Crippen LogP contribution >= 0.6 is 27.5 Å². The van der Waals surface area contributed by atoms with Gasteiger partial charge in [0.2, 0.25) is 0 Å². The molecule has 1 atom stereocenters. The Balaban J connectivity index is 2.45. The molecule has 0 saturated heterocycles. The van der Waals surface area contributed by atoms with Gasteiger partial charge in [-0.05, 0) is 46.5 Å². The molecule has 0 aliphatic heterocycles. The molecule has 0 radical (unpaired) electrons. The van der Waals surface area contributed by atoms with E-state index in [0.29, 0.717) is 10.0 Å². The Bertz CT molecular complexity index is 573. The summed E-state index contributed by atoms with van der Waals surface area (Å²) in [6.07, 6.45) is 1.86. The van der Waals surface area contributed by atoms with E-state index in [1.807, 2.05) is 19.1 Å². The molecular formula is C14H17BrFN3S. The summed E-state index contributed by atoms with van der Waals surface area (Å²) in [6, 6.07) is 5.17. The summed E-state index contributed by atoms with van der Waals surface area (Å²) in [6.45, 7) is 4.86. The summed E-state index contributed by atoms with van der Waals surface area (Å²) in [4.78, 5) is 1.01. The minimum absolute atomic E-state index is 0.195. The lowest BCUT2D eigenvalue weighted by Crippen LogP contribution is -2.23. The molecule has 1 unspecified atom stereocenters. The molecule has 3 nitrogen and oxygen atoms in total. The second kappa shape index (κ2) is 7.24. The molecule has 6 heteroatoms. The summed E-state index contributed by atoms with van der Waals surface area (Å²) >= 11 is 4.59. The summed E-state index contributed by atoms with van der Waals surface area (Å²) in [5, 5.41) is 7.52. The summed E-state index contributed by atoms with van der Waals surface area (Å²) in [5.41, 5.74) is 1.59. The molecule has 1 N–H and O–H groups in total. The minimum atomic E-state index is -0.228. The fraction of sp³-hybridized carbons (Fsp3) is 0.429. The number of aryl methyl sites for hydroxylation is 1. The first kappa shape index (κ1) is 15.5. The third-order valence-corrected chi connectivity index (χ3v) is 4.48. The highest BCUT2D eigenvalue weighted by molar-refractivity contribution is 9.10. The first-order valence-electron chi connectivity index (χ1n) is 6.67. The van der Waals surface area contributed by atoms with Gasteiger partial charge < -0.3 is 5.32 Å². The Morgan fingerprint density at radius 1 is 1.40 bits per heavy atom. The Morgan fingerprint density at radius 3 is 2.90 bits per heavy atom. The maximum absolute atomic E-state index is 14.4. The summed E-state index contributed by atoms with van der Waals surface area (Å²) in [7, 11) is 0. The Labute approximate surface area is 130 Å². The molecule has 20 heavy (non-hydrogen) atoms. The third-order valence-electron chi connectivity index (χ3n) is 3.03. The van der Waals surface area contributed by atoms with Gasteiger partial charge in [0.25, 0.3) is 0 Å². The summed E-state index contributed by atoms with van der Waals surface area (Å²) in [5.74, 6) is -0.228. The van der Waals surface area contributed by atoms with Gasteiger partial charge in [-0.2, -0.15) is 0 Å². The first-order valence-corrected chi connectivity index (χ1v) is 8.24. The minimum Gasteiger partial charge on any atom is -0.306 e.